The fourth-order valence-corrected chi connectivity index (χ4v) is 5.46. The number of imidazole rings is 1. The number of aliphatic imine (C=N–C) groups is 1. The van der Waals surface area contributed by atoms with Crippen molar-refractivity contribution in [3.8, 4) is 0 Å². The maximum absolute atomic E-state index is 12.4. The minimum Gasteiger partial charge on any atom is -0.394 e. The highest BCUT2D eigenvalue weighted by Crippen LogP contribution is 2.38. The van der Waals surface area contributed by atoms with Crippen LogP contribution in [-0.4, -0.2) is 98.1 Å². The van der Waals surface area contributed by atoms with Crippen LogP contribution in [0.1, 0.15) is 26.5 Å². The quantitative estimate of drug-likeness (QED) is 0.121. The number of rotatable bonds is 11. The van der Waals surface area contributed by atoms with Crippen molar-refractivity contribution in [3.05, 3.63) is 16.7 Å². The number of hydrogen-bond acceptors (Lipinski definition) is 10. The standard InChI is InChI=1S/C20H28F3N7O5S2/c1-19(2,7-24-17(33)20(21,22)23)37-36-10-34-11-5-13(35-12(11)6-31)30-9-25-14-15(30)27-18(28-16(14)32)26-8-29(3)4/h8-9,11-13,31H,5-7,10H2,1-4H3,(H,24,33)(H,27,28,32)/b26-8-/t11-,12?,13-/m1/s1. The highest BCUT2D eigenvalue weighted by atomic mass is 33.1. The van der Waals surface area contributed by atoms with E-state index in [1.165, 1.54) is 34.3 Å². The summed E-state index contributed by atoms with van der Waals surface area (Å²) in [5.41, 5.74) is -0.0738. The number of aromatic nitrogens is 4. The third-order valence-electron chi connectivity index (χ3n) is 5.05. The average molecular weight is 568 g/mol. The number of ether oxygens (including phenoxy) is 2. The number of fused-ring (bicyclic) bond motifs is 1. The molecule has 1 fully saturated rings. The first kappa shape index (κ1) is 29.2. The van der Waals surface area contributed by atoms with Crippen LogP contribution in [0.25, 0.3) is 11.2 Å². The number of nitrogens with one attached hydrogen (secondary N) is 2. The van der Waals surface area contributed by atoms with Crippen molar-refractivity contribution in [2.45, 2.75) is 49.6 Å². The second kappa shape index (κ2) is 12.0. The topological polar surface area (TPSA) is 147 Å². The lowest BCUT2D eigenvalue weighted by Gasteiger charge is -2.24. The Morgan fingerprint density at radius 2 is 2.19 bits per heavy atom. The Balaban J connectivity index is 1.59. The van der Waals surface area contributed by atoms with Crippen molar-refractivity contribution in [3.63, 3.8) is 0 Å². The van der Waals surface area contributed by atoms with Crippen molar-refractivity contribution < 1.29 is 32.5 Å². The Morgan fingerprint density at radius 3 is 2.84 bits per heavy atom. The summed E-state index contributed by atoms with van der Waals surface area (Å²) in [6.07, 6.45) is -3.45. The first-order valence-electron chi connectivity index (χ1n) is 11.0. The van der Waals surface area contributed by atoms with Gasteiger partial charge in [0.15, 0.2) is 11.2 Å². The largest absolute Gasteiger partial charge is 0.471 e. The van der Waals surface area contributed by atoms with Crippen LogP contribution in [0.15, 0.2) is 16.1 Å². The summed E-state index contributed by atoms with van der Waals surface area (Å²) in [7, 11) is 6.07. The molecule has 1 saturated heterocycles. The molecule has 17 heteroatoms. The van der Waals surface area contributed by atoms with Crippen LogP contribution in [0.5, 0.6) is 0 Å². The zero-order valence-electron chi connectivity index (χ0n) is 20.5. The molecule has 12 nitrogen and oxygen atoms in total. The van der Waals surface area contributed by atoms with Crippen LogP contribution < -0.4 is 10.9 Å². The zero-order valence-corrected chi connectivity index (χ0v) is 22.1. The van der Waals surface area contributed by atoms with Gasteiger partial charge in [0.2, 0.25) is 5.95 Å². The number of aromatic amines is 1. The summed E-state index contributed by atoms with van der Waals surface area (Å²) in [6.45, 7) is 2.90. The van der Waals surface area contributed by atoms with E-state index in [-0.39, 0.29) is 36.2 Å². The Morgan fingerprint density at radius 1 is 1.46 bits per heavy atom. The number of H-pyrrole nitrogens is 1. The number of nitrogens with zero attached hydrogens (tertiary/aromatic N) is 5. The first-order valence-corrected chi connectivity index (χ1v) is 13.3. The van der Waals surface area contributed by atoms with E-state index in [9.17, 15) is 27.9 Å². The second-order valence-corrected chi connectivity index (χ2v) is 11.9. The molecule has 37 heavy (non-hydrogen) atoms. The van der Waals surface area contributed by atoms with Gasteiger partial charge >= 0.3 is 12.1 Å². The number of aliphatic hydroxyl groups is 1. The van der Waals surface area contributed by atoms with Gasteiger partial charge in [-0.25, -0.2) is 9.98 Å². The number of alkyl halides is 3. The molecule has 1 unspecified atom stereocenters. The summed E-state index contributed by atoms with van der Waals surface area (Å²) in [5, 5.41) is 11.7. The molecule has 206 valence electrons. The van der Waals surface area contributed by atoms with E-state index in [2.05, 4.69) is 19.9 Å². The molecule has 2 aromatic heterocycles. The predicted molar refractivity (Wildman–Crippen MR) is 134 cm³/mol. The van der Waals surface area contributed by atoms with Crippen molar-refractivity contribution in [2.24, 2.45) is 4.99 Å². The van der Waals surface area contributed by atoms with Crippen LogP contribution in [0.3, 0.4) is 0 Å². The zero-order chi connectivity index (χ0) is 27.4. The van der Waals surface area contributed by atoms with E-state index in [0.29, 0.717) is 6.42 Å². The second-order valence-electron chi connectivity index (χ2n) is 8.93. The SMILES string of the molecule is CN(C)/C=N\c1nc2c(ncn2[C@H]2C[C@@H](OCSSC(C)(C)CNC(=O)C(F)(F)F)C(CO)O2)c(=O)[nH]1. The normalized spacial score (nSPS) is 20.7. The lowest BCUT2D eigenvalue weighted by Crippen LogP contribution is -2.42. The van der Waals surface area contributed by atoms with Gasteiger partial charge in [-0.1, -0.05) is 21.6 Å². The van der Waals surface area contributed by atoms with E-state index < -0.39 is 40.8 Å². The lowest BCUT2D eigenvalue weighted by molar-refractivity contribution is -0.173. The maximum atomic E-state index is 12.4. The van der Waals surface area contributed by atoms with E-state index in [4.69, 9.17) is 9.47 Å². The summed E-state index contributed by atoms with van der Waals surface area (Å²) >= 11 is 0. The lowest BCUT2D eigenvalue weighted by atomic mass is 10.2. The minimum atomic E-state index is -4.93. The summed E-state index contributed by atoms with van der Waals surface area (Å²) < 4.78 is 49.8. The molecule has 1 amide bonds. The minimum absolute atomic E-state index is 0.0971. The maximum Gasteiger partial charge on any atom is 0.471 e. The van der Waals surface area contributed by atoms with Crippen LogP contribution in [0.4, 0.5) is 19.1 Å². The Kier molecular flexibility index (Phi) is 9.49. The predicted octanol–water partition coefficient (Wildman–Crippen LogP) is 1.80. The molecule has 1 aliphatic rings. The van der Waals surface area contributed by atoms with Gasteiger partial charge in [-0.15, -0.1) is 0 Å². The Bertz CT molecular complexity index is 1170. The van der Waals surface area contributed by atoms with E-state index in [1.807, 2.05) is 5.32 Å². The molecule has 0 aliphatic carbocycles. The van der Waals surface area contributed by atoms with Crippen molar-refractivity contribution in [2.75, 3.05) is 33.2 Å². The summed E-state index contributed by atoms with van der Waals surface area (Å²) in [4.78, 5) is 40.3. The van der Waals surface area contributed by atoms with Gasteiger partial charge < -0.3 is 24.8 Å². The Labute approximate surface area is 217 Å². The number of carbonyl (C=O) groups excluding carboxylic acids is 1. The van der Waals surface area contributed by atoms with Crippen molar-refractivity contribution in [1.82, 2.24) is 29.7 Å². The van der Waals surface area contributed by atoms with Gasteiger partial charge in [0.25, 0.3) is 5.56 Å². The molecule has 2 aromatic rings. The molecule has 0 radical (unpaired) electrons. The first-order chi connectivity index (χ1) is 17.3. The van der Waals surface area contributed by atoms with E-state index in [0.717, 1.165) is 0 Å². The smallest absolute Gasteiger partial charge is 0.394 e. The molecule has 0 aromatic carbocycles. The van der Waals surface area contributed by atoms with Gasteiger partial charge in [0.1, 0.15) is 18.3 Å². The highest BCUT2D eigenvalue weighted by molar-refractivity contribution is 8.77. The Hall–Kier alpha value is -2.34. The molecule has 3 N–H and O–H groups in total. The van der Waals surface area contributed by atoms with Crippen molar-refractivity contribution in [1.29, 1.82) is 0 Å². The molecule has 1 aliphatic heterocycles. The summed E-state index contributed by atoms with van der Waals surface area (Å²) in [6, 6.07) is 0. The highest BCUT2D eigenvalue weighted by Gasteiger charge is 2.40. The molecular formula is C20H28F3N7O5S2. The third kappa shape index (κ3) is 7.83. The molecule has 3 atom stereocenters. The number of amides is 1. The average Bonchev–Trinajstić information content (AvgIpc) is 3.42. The van der Waals surface area contributed by atoms with Crippen LogP contribution >= 0.6 is 21.6 Å². The van der Waals surface area contributed by atoms with Crippen molar-refractivity contribution >= 4 is 50.9 Å². The van der Waals surface area contributed by atoms with Gasteiger partial charge in [-0.3, -0.25) is 19.1 Å². The third-order valence-corrected chi connectivity index (χ3v) is 7.99. The van der Waals surface area contributed by atoms with E-state index in [1.54, 1.807) is 37.4 Å². The molecule has 0 bridgehead atoms. The molecular weight excluding hydrogens is 539 g/mol. The molecule has 0 saturated carbocycles. The molecule has 3 heterocycles. The monoisotopic (exact) mass is 567 g/mol. The molecule has 3 rings (SSSR count). The summed E-state index contributed by atoms with van der Waals surface area (Å²) in [5.74, 6) is -1.73. The number of aliphatic hydroxyl groups excluding tert-OH is 1. The van der Waals surface area contributed by atoms with Crippen LogP contribution in [-0.2, 0) is 14.3 Å². The number of hydrogen-bond donors (Lipinski definition) is 3. The fraction of sp³-hybridized carbons (Fsp3) is 0.650. The molecule has 0 spiro atoms. The van der Waals surface area contributed by atoms with Gasteiger partial charge in [-0.05, 0) is 13.8 Å². The number of carbonyl (C=O) groups is 1. The van der Waals surface area contributed by atoms with Crippen LogP contribution in [0.2, 0.25) is 0 Å². The van der Waals surface area contributed by atoms with Gasteiger partial charge in [0.05, 0.1) is 25.4 Å². The van der Waals surface area contributed by atoms with Crippen LogP contribution in [0, 0.1) is 0 Å². The van der Waals surface area contributed by atoms with Gasteiger partial charge in [0, 0.05) is 31.8 Å². The van der Waals surface area contributed by atoms with E-state index >= 15 is 0 Å². The number of halogens is 3. The van der Waals surface area contributed by atoms with Gasteiger partial charge in [-0.2, -0.15) is 18.2 Å². The fourth-order valence-electron chi connectivity index (χ4n) is 3.29.